The number of hydrogen-bond acceptors (Lipinski definition) is 2. The van der Waals surface area contributed by atoms with Crippen molar-refractivity contribution >= 4 is 28.3 Å². The zero-order valence-electron chi connectivity index (χ0n) is 22.8. The summed E-state index contributed by atoms with van der Waals surface area (Å²) in [6.45, 7) is 17.9. The first kappa shape index (κ1) is 28.9. The largest absolute Gasteiger partial charge is 0.262 e. The summed E-state index contributed by atoms with van der Waals surface area (Å²) in [6, 6.07) is 28.6. The SMILES string of the molecule is C=C(C)c1ccccc1.C=C(N=C(C)c1ccc(C(/C=C\C(C)=N/C=C\C)=C/C)cc1)c1ccccc1. The summed E-state index contributed by atoms with van der Waals surface area (Å²) < 4.78 is 0. The van der Waals surface area contributed by atoms with Crippen LogP contribution in [0.5, 0.6) is 0 Å². The molecule has 188 valence electrons. The maximum atomic E-state index is 4.67. The highest BCUT2D eigenvalue weighted by Crippen LogP contribution is 2.19. The van der Waals surface area contributed by atoms with Crippen molar-refractivity contribution in [3.63, 3.8) is 0 Å². The molecule has 2 nitrogen and oxygen atoms in total. The molecule has 3 aromatic rings. The van der Waals surface area contributed by atoms with E-state index in [4.69, 9.17) is 0 Å². The summed E-state index contributed by atoms with van der Waals surface area (Å²) in [4.78, 5) is 9.00. The van der Waals surface area contributed by atoms with E-state index in [0.29, 0.717) is 0 Å². The van der Waals surface area contributed by atoms with Crippen LogP contribution >= 0.6 is 0 Å². The molecule has 0 aliphatic carbocycles. The van der Waals surface area contributed by atoms with Crippen LogP contribution in [0.1, 0.15) is 56.9 Å². The van der Waals surface area contributed by atoms with Gasteiger partial charge in [-0.05, 0) is 68.5 Å². The second-order valence-corrected chi connectivity index (χ2v) is 8.56. The third kappa shape index (κ3) is 10.1. The minimum Gasteiger partial charge on any atom is -0.262 e. The third-order valence-electron chi connectivity index (χ3n) is 5.55. The molecule has 0 heterocycles. The van der Waals surface area contributed by atoms with Gasteiger partial charge in [0.15, 0.2) is 0 Å². The van der Waals surface area contributed by atoms with Gasteiger partial charge in [-0.1, -0.05) is 122 Å². The number of hydrogen-bond donors (Lipinski definition) is 0. The van der Waals surface area contributed by atoms with Crippen molar-refractivity contribution in [2.24, 2.45) is 9.98 Å². The molecule has 3 rings (SSSR count). The molecule has 0 unspecified atom stereocenters. The molecular formula is C35H38N2. The summed E-state index contributed by atoms with van der Waals surface area (Å²) in [6.07, 6.45) is 9.94. The summed E-state index contributed by atoms with van der Waals surface area (Å²) in [7, 11) is 0. The van der Waals surface area contributed by atoms with Crippen LogP contribution < -0.4 is 0 Å². The van der Waals surface area contributed by atoms with Gasteiger partial charge in [0, 0.05) is 17.6 Å². The van der Waals surface area contributed by atoms with Crippen LogP contribution in [-0.4, -0.2) is 11.4 Å². The molecular weight excluding hydrogens is 448 g/mol. The zero-order chi connectivity index (χ0) is 27.0. The van der Waals surface area contributed by atoms with E-state index < -0.39 is 0 Å². The van der Waals surface area contributed by atoms with Crippen LogP contribution in [0.15, 0.2) is 139 Å². The fourth-order valence-corrected chi connectivity index (χ4v) is 3.39. The molecule has 0 aliphatic rings. The van der Waals surface area contributed by atoms with E-state index in [9.17, 15) is 0 Å². The first-order valence-corrected chi connectivity index (χ1v) is 12.5. The van der Waals surface area contributed by atoms with Crippen LogP contribution in [0.4, 0.5) is 0 Å². The van der Waals surface area contributed by atoms with E-state index in [0.717, 1.165) is 45.0 Å². The van der Waals surface area contributed by atoms with Gasteiger partial charge in [-0.2, -0.15) is 0 Å². The lowest BCUT2D eigenvalue weighted by Gasteiger charge is -2.07. The monoisotopic (exact) mass is 486 g/mol. The first-order chi connectivity index (χ1) is 17.8. The van der Waals surface area contributed by atoms with Gasteiger partial charge in [-0.25, -0.2) is 0 Å². The van der Waals surface area contributed by atoms with Gasteiger partial charge in [-0.15, -0.1) is 0 Å². The molecule has 0 bridgehead atoms. The lowest BCUT2D eigenvalue weighted by Crippen LogP contribution is -1.96. The quantitative estimate of drug-likeness (QED) is 0.223. The average Bonchev–Trinajstić information content (AvgIpc) is 2.93. The highest BCUT2D eigenvalue weighted by Gasteiger charge is 2.03. The Balaban J connectivity index is 0.000000449. The normalized spacial score (nSPS) is 12.4. The van der Waals surface area contributed by atoms with Crippen molar-refractivity contribution in [2.75, 3.05) is 0 Å². The Morgan fingerprint density at radius 2 is 1.19 bits per heavy atom. The van der Waals surface area contributed by atoms with Crippen LogP contribution in [0.2, 0.25) is 0 Å². The van der Waals surface area contributed by atoms with E-state index in [1.807, 2.05) is 95.3 Å². The zero-order valence-corrected chi connectivity index (χ0v) is 22.8. The second-order valence-electron chi connectivity index (χ2n) is 8.56. The summed E-state index contributed by atoms with van der Waals surface area (Å²) in [5, 5.41) is 0. The third-order valence-corrected chi connectivity index (χ3v) is 5.55. The Bertz CT molecular complexity index is 1300. The molecule has 0 spiro atoms. The molecule has 0 aliphatic heterocycles. The summed E-state index contributed by atoms with van der Waals surface area (Å²) in [5.41, 5.74) is 9.48. The van der Waals surface area contributed by atoms with Gasteiger partial charge in [0.2, 0.25) is 0 Å². The van der Waals surface area contributed by atoms with E-state index in [-0.39, 0.29) is 0 Å². The van der Waals surface area contributed by atoms with Crippen molar-refractivity contribution in [2.45, 2.75) is 34.6 Å². The van der Waals surface area contributed by atoms with E-state index in [1.165, 1.54) is 5.56 Å². The molecule has 0 fully saturated rings. The predicted molar refractivity (Wildman–Crippen MR) is 166 cm³/mol. The topological polar surface area (TPSA) is 24.7 Å². The molecule has 0 atom stereocenters. The van der Waals surface area contributed by atoms with Crippen LogP contribution in [0.3, 0.4) is 0 Å². The van der Waals surface area contributed by atoms with E-state index >= 15 is 0 Å². The van der Waals surface area contributed by atoms with Gasteiger partial charge < -0.3 is 0 Å². The Morgan fingerprint density at radius 1 is 0.649 bits per heavy atom. The lowest BCUT2D eigenvalue weighted by atomic mass is 10.0. The molecule has 3 aromatic carbocycles. The van der Waals surface area contributed by atoms with Gasteiger partial charge >= 0.3 is 0 Å². The highest BCUT2D eigenvalue weighted by molar-refractivity contribution is 6.02. The second kappa shape index (κ2) is 15.6. The molecule has 37 heavy (non-hydrogen) atoms. The van der Waals surface area contributed by atoms with Crippen molar-refractivity contribution < 1.29 is 0 Å². The minimum atomic E-state index is 0.773. The summed E-state index contributed by atoms with van der Waals surface area (Å²) >= 11 is 0. The van der Waals surface area contributed by atoms with Crippen molar-refractivity contribution in [1.29, 1.82) is 0 Å². The van der Waals surface area contributed by atoms with Gasteiger partial charge in [0.1, 0.15) is 0 Å². The maximum absolute atomic E-state index is 4.67. The first-order valence-electron chi connectivity index (χ1n) is 12.5. The molecule has 0 saturated heterocycles. The number of allylic oxidation sites excluding steroid dienone is 6. The molecule has 0 aromatic heterocycles. The summed E-state index contributed by atoms with van der Waals surface area (Å²) in [5.74, 6) is 0. The lowest BCUT2D eigenvalue weighted by molar-refractivity contribution is 1.47. The van der Waals surface area contributed by atoms with Gasteiger partial charge in [0.25, 0.3) is 0 Å². The number of benzene rings is 3. The van der Waals surface area contributed by atoms with Crippen LogP contribution in [0, 0.1) is 0 Å². The number of aliphatic imine (C=N–C) groups is 2. The van der Waals surface area contributed by atoms with Crippen molar-refractivity contribution in [3.05, 3.63) is 151 Å². The maximum Gasteiger partial charge on any atom is 0.0633 e. The molecule has 0 saturated carbocycles. The van der Waals surface area contributed by atoms with Crippen molar-refractivity contribution in [3.8, 4) is 0 Å². The number of rotatable bonds is 8. The van der Waals surface area contributed by atoms with E-state index in [1.54, 1.807) is 6.20 Å². The van der Waals surface area contributed by atoms with Crippen molar-refractivity contribution in [1.82, 2.24) is 0 Å². The fraction of sp³-hybridized carbons (Fsp3) is 0.143. The van der Waals surface area contributed by atoms with E-state index in [2.05, 4.69) is 71.7 Å². The average molecular weight is 487 g/mol. The molecule has 0 N–H and O–H groups in total. The highest BCUT2D eigenvalue weighted by atomic mass is 14.7. The van der Waals surface area contributed by atoms with Gasteiger partial charge in [-0.3, -0.25) is 9.98 Å². The molecule has 0 amide bonds. The van der Waals surface area contributed by atoms with Gasteiger partial charge in [0.05, 0.1) is 5.70 Å². The minimum absolute atomic E-state index is 0.773. The molecule has 2 heteroatoms. The Labute approximate surface area is 223 Å². The number of nitrogens with zero attached hydrogens (tertiary/aromatic N) is 2. The smallest absolute Gasteiger partial charge is 0.0633 e. The fourth-order valence-electron chi connectivity index (χ4n) is 3.39. The predicted octanol–water partition coefficient (Wildman–Crippen LogP) is 9.84. The Kier molecular flexibility index (Phi) is 12.2. The van der Waals surface area contributed by atoms with Crippen LogP contribution in [-0.2, 0) is 0 Å². The standard InChI is InChI=1S/C26H28N2.C9H10/c1-6-19-27-20(3)13-14-23(7-2)26-17-15-25(16-18-26)22(5)28-21(4)24-11-9-8-10-12-24;1-8(2)9-6-4-3-5-7-9/h6-19H,4H2,1-3,5H3;3-7H,1H2,2H3/b14-13-,19-6-,23-7+,27-20-,28-22?;. The van der Waals surface area contributed by atoms with Crippen LogP contribution in [0.25, 0.3) is 16.8 Å². The Morgan fingerprint density at radius 3 is 1.68 bits per heavy atom. The Hall–Kier alpha value is -4.30. The molecule has 0 radical (unpaired) electrons.